The lowest BCUT2D eigenvalue weighted by atomic mass is 9.33. The van der Waals surface area contributed by atoms with E-state index in [9.17, 15) is 45.6 Å². The number of hydrogen-bond acceptors (Lipinski definition) is 12. The number of hydrogen-bond donors (Lipinski definition) is 8. The third kappa shape index (κ3) is 5.92. The Labute approximate surface area is 319 Å². The first kappa shape index (κ1) is 40.9. The van der Waals surface area contributed by atoms with Crippen molar-refractivity contribution in [1.82, 2.24) is 0 Å². The van der Waals surface area contributed by atoms with Crippen molar-refractivity contribution < 1.29 is 64.6 Å². The van der Waals surface area contributed by atoms with Gasteiger partial charge in [-0.1, -0.05) is 60.1 Å². The van der Waals surface area contributed by atoms with E-state index in [1.807, 2.05) is 6.92 Å². The number of carboxylic acids is 1. The van der Waals surface area contributed by atoms with E-state index < -0.39 is 72.8 Å². The Balaban J connectivity index is 1.17. The van der Waals surface area contributed by atoms with Crippen molar-refractivity contribution in [2.24, 2.45) is 50.2 Å². The molecule has 19 atom stereocenters. The molecule has 7 rings (SSSR count). The summed E-state index contributed by atoms with van der Waals surface area (Å²) in [4.78, 5) is 12.1. The van der Waals surface area contributed by atoms with Crippen LogP contribution < -0.4 is 0 Å². The maximum Gasteiger partial charge on any atom is 0.335 e. The molecule has 54 heavy (non-hydrogen) atoms. The van der Waals surface area contributed by atoms with Crippen molar-refractivity contribution in [2.75, 3.05) is 13.2 Å². The summed E-state index contributed by atoms with van der Waals surface area (Å²) in [6, 6.07) is 0. The Bertz CT molecular complexity index is 1470. The largest absolute Gasteiger partial charge is 0.479 e. The second-order valence-electron chi connectivity index (χ2n) is 20.4. The predicted octanol–water partition coefficient (Wildman–Crippen LogP) is 2.49. The highest BCUT2D eigenvalue weighted by atomic mass is 16.8. The van der Waals surface area contributed by atoms with Crippen LogP contribution in [0.4, 0.5) is 0 Å². The van der Waals surface area contributed by atoms with Crippen molar-refractivity contribution in [3.8, 4) is 0 Å². The quantitative estimate of drug-likeness (QED) is 0.144. The first-order valence-corrected chi connectivity index (χ1v) is 20.3. The molecule has 4 saturated carbocycles. The highest BCUT2D eigenvalue weighted by Gasteiger charge is 2.69. The highest BCUT2D eigenvalue weighted by Crippen LogP contribution is 2.76. The molecule has 13 nitrogen and oxygen atoms in total. The predicted molar refractivity (Wildman–Crippen MR) is 193 cm³/mol. The van der Waals surface area contributed by atoms with Gasteiger partial charge in [0.25, 0.3) is 0 Å². The average molecular weight is 767 g/mol. The highest BCUT2D eigenvalue weighted by molar-refractivity contribution is 5.73. The Hall–Kier alpha value is -1.23. The molecular weight excluding hydrogens is 700 g/mol. The summed E-state index contributed by atoms with van der Waals surface area (Å²) < 4.78 is 23.7. The van der Waals surface area contributed by atoms with Gasteiger partial charge in [-0.2, -0.15) is 0 Å². The van der Waals surface area contributed by atoms with Crippen LogP contribution in [0.1, 0.15) is 106 Å². The minimum atomic E-state index is -1.91. The zero-order valence-corrected chi connectivity index (χ0v) is 33.1. The minimum Gasteiger partial charge on any atom is -0.479 e. The van der Waals surface area contributed by atoms with Crippen molar-refractivity contribution >= 4 is 5.97 Å². The molecule has 0 amide bonds. The van der Waals surface area contributed by atoms with Crippen LogP contribution in [0.5, 0.6) is 0 Å². The van der Waals surface area contributed by atoms with Crippen LogP contribution in [0.15, 0.2) is 11.6 Å². The van der Waals surface area contributed by atoms with E-state index in [-0.39, 0.29) is 52.3 Å². The molecule has 0 aromatic rings. The SMILES string of the molecule is CC1(C)C[C@@H](O)[C@]2(C)CC[C@]3(C)C(=CC[C@@H]4[C@@]5(C)CC[C@H](O[C@H]6O[C@@H](C(=O)O)[C@H](O)[C@@H](O)[C@@H]6O[C@@H]6OC[C@@H](O)[C@H](O)[C@H]6O)[C@](C)(CO)[C@@H]5CC[C@]43C)[C@@H]2C1. The molecule has 6 fully saturated rings. The van der Waals surface area contributed by atoms with Crippen LogP contribution in [0.2, 0.25) is 0 Å². The minimum absolute atomic E-state index is 0.0143. The smallest absolute Gasteiger partial charge is 0.335 e. The lowest BCUT2D eigenvalue weighted by molar-refractivity contribution is -0.367. The van der Waals surface area contributed by atoms with Crippen molar-refractivity contribution in [2.45, 2.75) is 174 Å². The van der Waals surface area contributed by atoms with Crippen LogP contribution in [0.25, 0.3) is 0 Å². The molecule has 0 spiro atoms. The van der Waals surface area contributed by atoms with Crippen LogP contribution >= 0.6 is 0 Å². The molecular formula is C41H66O13. The summed E-state index contributed by atoms with van der Waals surface area (Å²) in [5, 5.41) is 85.5. The summed E-state index contributed by atoms with van der Waals surface area (Å²) >= 11 is 0. The van der Waals surface area contributed by atoms with Crippen LogP contribution in [0.3, 0.4) is 0 Å². The number of aliphatic hydroxyl groups is 7. The number of allylic oxidation sites excluding steroid dienone is 2. The van der Waals surface area contributed by atoms with Gasteiger partial charge >= 0.3 is 5.97 Å². The fraction of sp³-hybridized carbons (Fsp3) is 0.927. The number of carbonyl (C=O) groups is 1. The van der Waals surface area contributed by atoms with Gasteiger partial charge in [0.15, 0.2) is 18.7 Å². The third-order valence-electron chi connectivity index (χ3n) is 17.0. The maximum absolute atomic E-state index is 12.1. The number of carboxylic acid groups (broad SMARTS) is 1. The molecule has 5 aliphatic carbocycles. The van der Waals surface area contributed by atoms with Gasteiger partial charge in [0.05, 0.1) is 25.4 Å². The Morgan fingerprint density at radius 2 is 1.50 bits per heavy atom. The number of ether oxygens (including phenoxy) is 4. The molecule has 0 unspecified atom stereocenters. The molecule has 0 radical (unpaired) electrons. The van der Waals surface area contributed by atoms with E-state index in [1.54, 1.807) is 0 Å². The number of fused-ring (bicyclic) bond motifs is 7. The lowest BCUT2D eigenvalue weighted by Gasteiger charge is -2.72. The first-order chi connectivity index (χ1) is 25.1. The van der Waals surface area contributed by atoms with Gasteiger partial charge in [-0.15, -0.1) is 0 Å². The molecule has 13 heteroatoms. The summed E-state index contributed by atoms with van der Waals surface area (Å²) in [7, 11) is 0. The van der Waals surface area contributed by atoms with Crippen LogP contribution in [-0.2, 0) is 23.7 Å². The topological polar surface area (TPSA) is 216 Å². The first-order valence-electron chi connectivity index (χ1n) is 20.3. The number of aliphatic carboxylic acids is 1. The Morgan fingerprint density at radius 1 is 0.796 bits per heavy atom. The maximum atomic E-state index is 12.1. The van der Waals surface area contributed by atoms with E-state index in [0.29, 0.717) is 18.3 Å². The molecule has 2 saturated heterocycles. The fourth-order valence-corrected chi connectivity index (χ4v) is 13.4. The van der Waals surface area contributed by atoms with Crippen LogP contribution in [-0.4, -0.2) is 128 Å². The molecule has 2 heterocycles. The van der Waals surface area contributed by atoms with E-state index in [1.165, 1.54) is 5.57 Å². The molecule has 308 valence electrons. The van der Waals surface area contributed by atoms with Gasteiger partial charge in [-0.05, 0) is 97.2 Å². The van der Waals surface area contributed by atoms with Gasteiger partial charge in [0.2, 0.25) is 0 Å². The second-order valence-corrected chi connectivity index (χ2v) is 20.4. The zero-order chi connectivity index (χ0) is 39.6. The summed E-state index contributed by atoms with van der Waals surface area (Å²) in [6.45, 7) is 15.7. The average Bonchev–Trinajstić information content (AvgIpc) is 3.10. The molecule has 0 aromatic heterocycles. The van der Waals surface area contributed by atoms with Gasteiger partial charge in [-0.25, -0.2) is 4.79 Å². The molecule has 7 aliphatic rings. The number of rotatable bonds is 6. The summed E-state index contributed by atoms with van der Waals surface area (Å²) in [5.74, 6) is -0.852. The second kappa shape index (κ2) is 13.7. The van der Waals surface area contributed by atoms with E-state index >= 15 is 0 Å². The molecule has 2 aliphatic heterocycles. The van der Waals surface area contributed by atoms with Gasteiger partial charge in [0, 0.05) is 10.8 Å². The molecule has 0 aromatic carbocycles. The zero-order valence-electron chi connectivity index (χ0n) is 33.1. The van der Waals surface area contributed by atoms with E-state index in [4.69, 9.17) is 18.9 Å². The van der Waals surface area contributed by atoms with E-state index in [0.717, 1.165) is 51.4 Å². The standard InChI is InChI=1S/C41H66O13/c1-36(2)16-21-20-8-9-24-38(4)12-11-26(39(5,19-42)23(38)10-13-41(24,7)40(20,6)15-14-37(21,3)25(44)17-36)52-35-32(29(47)28(46)31(53-35)33(49)50)54-34-30(48)27(45)22(43)18-51-34/h8,21-32,34-35,42-48H,9-19H2,1-7H3,(H,49,50)/t21-,22+,23+,24+,25+,26-,27-,28+,29+,30+,31+,32-,34-,35-,37+,38-,39+,40+,41+/m0/s1. The van der Waals surface area contributed by atoms with Crippen LogP contribution in [0, 0.1) is 50.2 Å². The molecule has 8 N–H and O–H groups in total. The van der Waals surface area contributed by atoms with Gasteiger partial charge in [-0.3, -0.25) is 0 Å². The normalized spacial score (nSPS) is 55.7. The molecule has 0 bridgehead atoms. The summed E-state index contributed by atoms with van der Waals surface area (Å²) in [6.07, 6.45) is -5.53. The van der Waals surface area contributed by atoms with Crippen molar-refractivity contribution in [1.29, 1.82) is 0 Å². The number of aliphatic hydroxyl groups excluding tert-OH is 7. The summed E-state index contributed by atoms with van der Waals surface area (Å²) in [5.41, 5.74) is 0.419. The van der Waals surface area contributed by atoms with Crippen molar-refractivity contribution in [3.63, 3.8) is 0 Å². The van der Waals surface area contributed by atoms with Crippen molar-refractivity contribution in [3.05, 3.63) is 11.6 Å². The van der Waals surface area contributed by atoms with Gasteiger partial charge in [0.1, 0.15) is 36.6 Å². The van der Waals surface area contributed by atoms with E-state index in [2.05, 4.69) is 47.6 Å². The lowest BCUT2D eigenvalue weighted by Crippen LogP contribution is -2.67. The fourth-order valence-electron chi connectivity index (χ4n) is 13.4. The monoisotopic (exact) mass is 766 g/mol. The van der Waals surface area contributed by atoms with Gasteiger partial charge < -0.3 is 59.8 Å². The Kier molecular flexibility index (Phi) is 10.4. The third-order valence-corrected chi connectivity index (χ3v) is 17.0. The Morgan fingerprint density at radius 3 is 2.17 bits per heavy atom.